The van der Waals surface area contributed by atoms with Gasteiger partial charge in [-0.2, -0.15) is 0 Å². The minimum absolute atomic E-state index is 0.202. The van der Waals surface area contributed by atoms with Crippen molar-refractivity contribution in [2.45, 2.75) is 37.1 Å². The van der Waals surface area contributed by atoms with E-state index >= 15 is 0 Å². The van der Waals surface area contributed by atoms with Crippen molar-refractivity contribution in [3.8, 4) is 0 Å². The number of hydrogen-bond donors (Lipinski definition) is 2. The Labute approximate surface area is 139 Å². The van der Waals surface area contributed by atoms with Crippen LogP contribution in [0.1, 0.15) is 18.2 Å². The third kappa shape index (κ3) is 3.64. The molecule has 0 aliphatic carbocycles. The van der Waals surface area contributed by atoms with Crippen molar-refractivity contribution in [3.05, 3.63) is 62.9 Å². The van der Waals surface area contributed by atoms with Gasteiger partial charge in [-0.3, -0.25) is 0 Å². The number of aliphatic hydroxyl groups is 1. The van der Waals surface area contributed by atoms with Crippen LogP contribution in [0.2, 0.25) is 5.32 Å². The molecule has 1 aromatic carbocycles. The Hall–Kier alpha value is -1.66. The molecule has 7 heteroatoms. The van der Waals surface area contributed by atoms with Gasteiger partial charge in [0.1, 0.15) is 0 Å². The predicted molar refractivity (Wildman–Crippen MR) is 87.2 cm³/mol. The van der Waals surface area contributed by atoms with E-state index in [-0.39, 0.29) is 21.1 Å². The number of rotatable bonds is 4. The van der Waals surface area contributed by atoms with Gasteiger partial charge in [0.25, 0.3) is 0 Å². The van der Waals surface area contributed by atoms with Crippen LogP contribution in [0.5, 0.6) is 0 Å². The fraction of sp³-hybridized carbons (Fsp3) is 0.375. The fourth-order valence-electron chi connectivity index (χ4n) is 2.53. The molecular formula is C16H18N2O4Se. The van der Waals surface area contributed by atoms with E-state index in [1.165, 1.54) is 15.2 Å². The number of hydrogen-bond acceptors (Lipinski definition) is 4. The second-order valence-corrected chi connectivity index (χ2v) is 7.83. The van der Waals surface area contributed by atoms with Gasteiger partial charge >= 0.3 is 139 Å². The number of nitrogens with zero attached hydrogens (tertiary/aromatic N) is 1. The molecule has 1 saturated heterocycles. The first-order chi connectivity index (χ1) is 11.0. The summed E-state index contributed by atoms with van der Waals surface area (Å²) in [5, 5.41) is 11.0. The number of H-pyrrole nitrogens is 1. The molecule has 1 aromatic heterocycles. The first-order valence-corrected chi connectivity index (χ1v) is 9.45. The standard InChI is InChI=1S/C16H18N2O4Se/c1-10-8-18(16(21)17-15(10)20)14-7-12(19)13(22-14)9-23-11-5-3-2-4-6-11/h2-6,8,12-14,19H,7,9H2,1H3,(H,17,20,21)/t12-,13-,14-/m1/s1. The molecule has 0 saturated carbocycles. The monoisotopic (exact) mass is 382 g/mol. The SMILES string of the molecule is Cc1cn([C@H]2C[C@@H](O)[C@@H](C[Se]c3ccccc3)O2)c(=O)[nH]c1=O. The number of nitrogens with one attached hydrogen (secondary N) is 1. The topological polar surface area (TPSA) is 84.3 Å². The van der Waals surface area contributed by atoms with Gasteiger partial charge in [0.05, 0.1) is 0 Å². The molecule has 0 amide bonds. The van der Waals surface area contributed by atoms with E-state index in [1.54, 1.807) is 6.92 Å². The Balaban J connectivity index is 1.70. The van der Waals surface area contributed by atoms with Crippen LogP contribution in [-0.2, 0) is 4.74 Å². The van der Waals surface area contributed by atoms with Gasteiger partial charge in [0, 0.05) is 0 Å². The van der Waals surface area contributed by atoms with Crippen LogP contribution in [-0.4, -0.2) is 41.8 Å². The van der Waals surface area contributed by atoms with E-state index in [1.807, 2.05) is 18.2 Å². The van der Waals surface area contributed by atoms with Crippen LogP contribution in [0.25, 0.3) is 0 Å². The van der Waals surface area contributed by atoms with Gasteiger partial charge in [-0.25, -0.2) is 0 Å². The quantitative estimate of drug-likeness (QED) is 0.727. The average molecular weight is 381 g/mol. The number of benzene rings is 1. The number of ether oxygens (including phenoxy) is 1. The molecule has 1 aliphatic rings. The maximum absolute atomic E-state index is 11.9. The van der Waals surface area contributed by atoms with Crippen LogP contribution >= 0.6 is 0 Å². The van der Waals surface area contributed by atoms with Gasteiger partial charge in [-0.05, 0) is 0 Å². The second-order valence-electron chi connectivity index (χ2n) is 5.53. The van der Waals surface area contributed by atoms with Gasteiger partial charge in [0.15, 0.2) is 0 Å². The van der Waals surface area contributed by atoms with Crippen LogP contribution in [0.4, 0.5) is 0 Å². The van der Waals surface area contributed by atoms with Crippen LogP contribution in [0, 0.1) is 6.92 Å². The number of aryl methyl sites for hydroxylation is 1. The Kier molecular flexibility index (Phi) is 4.82. The summed E-state index contributed by atoms with van der Waals surface area (Å²) in [7, 11) is 0. The molecule has 0 radical (unpaired) electrons. The molecule has 0 bridgehead atoms. The Morgan fingerprint density at radius 2 is 2.09 bits per heavy atom. The molecule has 2 heterocycles. The maximum atomic E-state index is 11.9. The fourth-order valence-corrected chi connectivity index (χ4v) is 4.64. The van der Waals surface area contributed by atoms with Crippen molar-refractivity contribution in [3.63, 3.8) is 0 Å². The Bertz CT molecular complexity index is 787. The molecular weight excluding hydrogens is 363 g/mol. The molecule has 23 heavy (non-hydrogen) atoms. The number of aromatic amines is 1. The van der Waals surface area contributed by atoms with E-state index in [0.717, 1.165) is 5.32 Å². The van der Waals surface area contributed by atoms with Crippen molar-refractivity contribution in [1.29, 1.82) is 0 Å². The molecule has 3 rings (SSSR count). The van der Waals surface area contributed by atoms with E-state index in [4.69, 9.17) is 4.74 Å². The molecule has 0 spiro atoms. The normalized spacial score (nSPS) is 24.0. The first-order valence-electron chi connectivity index (χ1n) is 7.38. The molecule has 122 valence electrons. The summed E-state index contributed by atoms with van der Waals surface area (Å²) >= 11 is 0.202. The Morgan fingerprint density at radius 3 is 2.83 bits per heavy atom. The molecule has 2 N–H and O–H groups in total. The average Bonchev–Trinajstić information content (AvgIpc) is 2.91. The summed E-state index contributed by atoms with van der Waals surface area (Å²) in [4.78, 5) is 25.6. The van der Waals surface area contributed by atoms with Crippen LogP contribution < -0.4 is 15.7 Å². The minimum atomic E-state index is -0.607. The van der Waals surface area contributed by atoms with Gasteiger partial charge < -0.3 is 0 Å². The van der Waals surface area contributed by atoms with Gasteiger partial charge in [0.2, 0.25) is 0 Å². The van der Waals surface area contributed by atoms with Crippen LogP contribution in [0.15, 0.2) is 46.1 Å². The molecule has 2 aromatic rings. The molecule has 6 nitrogen and oxygen atoms in total. The molecule has 1 aliphatic heterocycles. The number of aliphatic hydroxyl groups excluding tert-OH is 1. The first kappa shape index (κ1) is 16.2. The van der Waals surface area contributed by atoms with Gasteiger partial charge in [-0.1, -0.05) is 0 Å². The zero-order valence-electron chi connectivity index (χ0n) is 12.6. The van der Waals surface area contributed by atoms with Gasteiger partial charge in [-0.15, -0.1) is 0 Å². The second kappa shape index (κ2) is 6.84. The summed E-state index contributed by atoms with van der Waals surface area (Å²) < 4.78 is 8.47. The third-order valence-corrected chi connectivity index (χ3v) is 6.13. The Morgan fingerprint density at radius 1 is 1.35 bits per heavy atom. The summed E-state index contributed by atoms with van der Waals surface area (Å²) in [6, 6.07) is 10.1. The summed E-state index contributed by atoms with van der Waals surface area (Å²) in [6.45, 7) is 1.64. The third-order valence-electron chi connectivity index (χ3n) is 3.82. The zero-order chi connectivity index (χ0) is 16.4. The summed E-state index contributed by atoms with van der Waals surface area (Å²) in [5.74, 6) is 0. The van der Waals surface area contributed by atoms with Crippen molar-refractivity contribution in [2.75, 3.05) is 0 Å². The van der Waals surface area contributed by atoms with Crippen molar-refractivity contribution in [2.24, 2.45) is 0 Å². The number of aromatic nitrogens is 2. The molecule has 0 unspecified atom stereocenters. The summed E-state index contributed by atoms with van der Waals surface area (Å²) in [6.07, 6.45) is 0.401. The molecule has 1 fully saturated rings. The van der Waals surface area contributed by atoms with E-state index < -0.39 is 23.6 Å². The van der Waals surface area contributed by atoms with Crippen molar-refractivity contribution < 1.29 is 9.84 Å². The van der Waals surface area contributed by atoms with E-state index in [0.29, 0.717) is 12.0 Å². The van der Waals surface area contributed by atoms with Crippen LogP contribution in [0.3, 0.4) is 0 Å². The van der Waals surface area contributed by atoms with Crippen molar-refractivity contribution in [1.82, 2.24) is 9.55 Å². The molecule has 3 atom stereocenters. The summed E-state index contributed by atoms with van der Waals surface area (Å²) in [5.41, 5.74) is -0.458. The van der Waals surface area contributed by atoms with E-state index in [2.05, 4.69) is 17.1 Å². The predicted octanol–water partition coefficient (Wildman–Crippen LogP) is -0.0586. The van der Waals surface area contributed by atoms with E-state index in [9.17, 15) is 14.7 Å². The van der Waals surface area contributed by atoms with Crippen molar-refractivity contribution >= 4 is 19.4 Å². The zero-order valence-corrected chi connectivity index (χ0v) is 14.4.